The Labute approximate surface area is 87.8 Å². The number of carbonyl (C=O) groups excluding carboxylic acids is 1. The Morgan fingerprint density at radius 3 is 2.80 bits per heavy atom. The van der Waals surface area contributed by atoms with Crippen LogP contribution >= 0.6 is 0 Å². The molecule has 1 aromatic heterocycles. The van der Waals surface area contributed by atoms with E-state index in [1.807, 2.05) is 0 Å². The molecule has 0 unspecified atom stereocenters. The van der Waals surface area contributed by atoms with Crippen LogP contribution in [-0.4, -0.2) is 49.2 Å². The predicted octanol–water partition coefficient (Wildman–Crippen LogP) is 0.531. The monoisotopic (exact) mass is 214 g/mol. The van der Waals surface area contributed by atoms with Gasteiger partial charge >= 0.3 is 6.09 Å². The highest BCUT2D eigenvalue weighted by atomic mass is 16.6. The molecule has 1 aromatic rings. The number of carbonyl (C=O) groups is 1. The van der Waals surface area contributed by atoms with Crippen LogP contribution in [0.4, 0.5) is 4.79 Å². The number of hydrogen-bond donors (Lipinski definition) is 0. The van der Waals surface area contributed by atoms with Crippen molar-refractivity contribution < 1.29 is 19.0 Å². The molecule has 0 spiro atoms. The van der Waals surface area contributed by atoms with Gasteiger partial charge < -0.3 is 14.2 Å². The quantitative estimate of drug-likeness (QED) is 0.646. The first-order chi connectivity index (χ1) is 7.34. The number of nitrogens with zero attached hydrogens (tertiary/aromatic N) is 2. The van der Waals surface area contributed by atoms with Crippen molar-refractivity contribution in [3.63, 3.8) is 0 Å². The van der Waals surface area contributed by atoms with E-state index in [1.165, 1.54) is 23.3 Å². The maximum atomic E-state index is 11.2. The summed E-state index contributed by atoms with van der Waals surface area (Å²) in [5, 5.41) is 0. The first-order valence-corrected chi connectivity index (χ1v) is 4.56. The predicted molar refractivity (Wildman–Crippen MR) is 51.7 cm³/mol. The molecule has 0 aliphatic carbocycles. The van der Waals surface area contributed by atoms with E-state index in [4.69, 9.17) is 14.2 Å². The van der Waals surface area contributed by atoms with Crippen molar-refractivity contribution in [2.75, 3.05) is 33.5 Å². The number of methoxy groups -OCH3 is 1. The summed E-state index contributed by atoms with van der Waals surface area (Å²) in [5.41, 5.74) is 0. The first kappa shape index (κ1) is 11.7. The first-order valence-electron chi connectivity index (χ1n) is 4.56. The lowest BCUT2D eigenvalue weighted by Crippen LogP contribution is -2.16. The topological polar surface area (TPSA) is 62.6 Å². The molecule has 0 atom stereocenters. The maximum Gasteiger partial charge on any atom is 0.419 e. The molecule has 0 N–H and O–H groups in total. The minimum absolute atomic E-state index is 0.223. The van der Waals surface area contributed by atoms with Gasteiger partial charge in [-0.25, -0.2) is 14.3 Å². The molecule has 0 amide bonds. The summed E-state index contributed by atoms with van der Waals surface area (Å²) >= 11 is 0. The van der Waals surface area contributed by atoms with Gasteiger partial charge in [0.2, 0.25) is 0 Å². The van der Waals surface area contributed by atoms with E-state index in [1.54, 1.807) is 7.11 Å². The molecule has 84 valence electrons. The second-order valence-corrected chi connectivity index (χ2v) is 2.69. The lowest BCUT2D eigenvalue weighted by molar-refractivity contribution is 0.0424. The highest BCUT2D eigenvalue weighted by Crippen LogP contribution is 1.89. The van der Waals surface area contributed by atoms with Gasteiger partial charge in [-0.05, 0) is 0 Å². The Balaban J connectivity index is 2.03. The van der Waals surface area contributed by atoms with Gasteiger partial charge in [-0.3, -0.25) is 0 Å². The summed E-state index contributed by atoms with van der Waals surface area (Å²) in [6.07, 6.45) is 3.96. The summed E-state index contributed by atoms with van der Waals surface area (Å²) < 4.78 is 16.0. The third-order valence-electron chi connectivity index (χ3n) is 1.60. The smallest absolute Gasteiger partial charge is 0.419 e. The Hall–Kier alpha value is -1.40. The third kappa shape index (κ3) is 4.57. The number of imidazole rings is 1. The fourth-order valence-electron chi connectivity index (χ4n) is 0.874. The van der Waals surface area contributed by atoms with E-state index < -0.39 is 6.09 Å². The van der Waals surface area contributed by atoms with Crippen molar-refractivity contribution in [2.45, 2.75) is 0 Å². The minimum Gasteiger partial charge on any atom is -0.446 e. The van der Waals surface area contributed by atoms with Crippen LogP contribution in [0.2, 0.25) is 0 Å². The minimum atomic E-state index is -0.456. The summed E-state index contributed by atoms with van der Waals surface area (Å²) in [7, 11) is 1.60. The molecule has 0 saturated heterocycles. The molecule has 0 aromatic carbocycles. The summed E-state index contributed by atoms with van der Waals surface area (Å²) in [4.78, 5) is 14.9. The van der Waals surface area contributed by atoms with Gasteiger partial charge in [-0.2, -0.15) is 0 Å². The van der Waals surface area contributed by atoms with Crippen molar-refractivity contribution in [2.24, 2.45) is 0 Å². The third-order valence-corrected chi connectivity index (χ3v) is 1.60. The molecule has 0 aliphatic rings. The normalized spacial score (nSPS) is 10.2. The molecule has 1 heterocycles. The molecular formula is C9H14N2O4. The molecule has 0 radical (unpaired) electrons. The van der Waals surface area contributed by atoms with Crippen molar-refractivity contribution in [3.8, 4) is 0 Å². The van der Waals surface area contributed by atoms with Crippen molar-refractivity contribution in [3.05, 3.63) is 18.7 Å². The maximum absolute atomic E-state index is 11.2. The van der Waals surface area contributed by atoms with Gasteiger partial charge in [-0.15, -0.1) is 0 Å². The Morgan fingerprint density at radius 2 is 2.13 bits per heavy atom. The molecule has 0 saturated carbocycles. The molecule has 0 fully saturated rings. The van der Waals surface area contributed by atoms with Crippen molar-refractivity contribution >= 4 is 6.09 Å². The van der Waals surface area contributed by atoms with Crippen LogP contribution in [0.15, 0.2) is 18.7 Å². The van der Waals surface area contributed by atoms with Crippen molar-refractivity contribution in [1.82, 2.24) is 9.55 Å². The van der Waals surface area contributed by atoms with Crippen LogP contribution in [0.5, 0.6) is 0 Å². The Bertz CT molecular complexity index is 274. The fourth-order valence-corrected chi connectivity index (χ4v) is 0.874. The molecule has 15 heavy (non-hydrogen) atoms. The molecule has 0 bridgehead atoms. The molecule has 6 nitrogen and oxygen atoms in total. The van der Waals surface area contributed by atoms with E-state index in [2.05, 4.69) is 4.98 Å². The lowest BCUT2D eigenvalue weighted by atomic mass is 10.7. The second-order valence-electron chi connectivity index (χ2n) is 2.69. The van der Waals surface area contributed by atoms with Gasteiger partial charge in [0.25, 0.3) is 0 Å². The number of aromatic nitrogens is 2. The van der Waals surface area contributed by atoms with E-state index in [0.717, 1.165) is 0 Å². The van der Waals surface area contributed by atoms with Crippen LogP contribution in [-0.2, 0) is 14.2 Å². The van der Waals surface area contributed by atoms with E-state index >= 15 is 0 Å². The van der Waals surface area contributed by atoms with Crippen LogP contribution in [0.25, 0.3) is 0 Å². The second kappa shape index (κ2) is 6.97. The van der Waals surface area contributed by atoms with Gasteiger partial charge in [0.15, 0.2) is 0 Å². The number of ether oxygens (including phenoxy) is 3. The van der Waals surface area contributed by atoms with Crippen LogP contribution in [0.3, 0.4) is 0 Å². The number of rotatable bonds is 6. The van der Waals surface area contributed by atoms with E-state index in [9.17, 15) is 4.79 Å². The van der Waals surface area contributed by atoms with Crippen molar-refractivity contribution in [1.29, 1.82) is 0 Å². The molecule has 0 aliphatic heterocycles. The zero-order valence-electron chi connectivity index (χ0n) is 8.59. The highest BCUT2D eigenvalue weighted by molar-refractivity contribution is 5.69. The number of hydrogen-bond acceptors (Lipinski definition) is 5. The average Bonchev–Trinajstić information content (AvgIpc) is 2.76. The van der Waals surface area contributed by atoms with E-state index in [-0.39, 0.29) is 6.61 Å². The van der Waals surface area contributed by atoms with Gasteiger partial charge in [0.05, 0.1) is 19.8 Å². The summed E-state index contributed by atoms with van der Waals surface area (Å²) in [5.74, 6) is 0. The SMILES string of the molecule is COCCOCCOC(=O)n1ccnc1. The molecule has 6 heteroatoms. The standard InChI is InChI=1S/C9H14N2O4/c1-13-4-5-14-6-7-15-9(12)11-3-2-10-8-11/h2-3,8H,4-7H2,1H3. The summed E-state index contributed by atoms with van der Waals surface area (Å²) in [6.45, 7) is 1.62. The highest BCUT2D eigenvalue weighted by Gasteiger charge is 2.03. The van der Waals surface area contributed by atoms with E-state index in [0.29, 0.717) is 19.8 Å². The molecular weight excluding hydrogens is 200 g/mol. The molecule has 1 rings (SSSR count). The Kier molecular flexibility index (Phi) is 5.42. The summed E-state index contributed by atoms with van der Waals surface area (Å²) in [6, 6.07) is 0. The van der Waals surface area contributed by atoms with Crippen LogP contribution in [0, 0.1) is 0 Å². The fraction of sp³-hybridized carbons (Fsp3) is 0.556. The van der Waals surface area contributed by atoms with Gasteiger partial charge in [0.1, 0.15) is 12.9 Å². The Morgan fingerprint density at radius 1 is 1.33 bits per heavy atom. The van der Waals surface area contributed by atoms with Crippen LogP contribution in [0.1, 0.15) is 0 Å². The van der Waals surface area contributed by atoms with Gasteiger partial charge in [-0.1, -0.05) is 0 Å². The van der Waals surface area contributed by atoms with Gasteiger partial charge in [0, 0.05) is 19.5 Å². The lowest BCUT2D eigenvalue weighted by Gasteiger charge is -2.05. The zero-order chi connectivity index (χ0) is 10.9. The zero-order valence-corrected chi connectivity index (χ0v) is 8.59. The largest absolute Gasteiger partial charge is 0.446 e. The van der Waals surface area contributed by atoms with Crippen LogP contribution < -0.4 is 0 Å². The average molecular weight is 214 g/mol.